The van der Waals surface area contributed by atoms with E-state index in [-0.39, 0.29) is 17.9 Å². The third kappa shape index (κ3) is 1.35. The van der Waals surface area contributed by atoms with E-state index in [1.807, 2.05) is 6.92 Å². The summed E-state index contributed by atoms with van der Waals surface area (Å²) < 4.78 is 5.03. The van der Waals surface area contributed by atoms with E-state index in [1.165, 1.54) is 12.8 Å². The number of carbonyl (C=O) groups excluding carboxylic acids is 1. The molecule has 2 rings (SSSR count). The lowest BCUT2D eigenvalue weighted by molar-refractivity contribution is -0.150. The minimum atomic E-state index is -0.0674. The van der Waals surface area contributed by atoms with Gasteiger partial charge < -0.3 is 10.5 Å². The largest absolute Gasteiger partial charge is 0.466 e. The molecular formula is C10H17NO2. The van der Waals surface area contributed by atoms with Crippen molar-refractivity contribution in [3.63, 3.8) is 0 Å². The molecule has 0 radical (unpaired) electrons. The molecule has 2 saturated carbocycles. The Morgan fingerprint density at radius 3 is 2.69 bits per heavy atom. The molecule has 3 heteroatoms. The molecule has 0 amide bonds. The van der Waals surface area contributed by atoms with Crippen LogP contribution in [0.4, 0.5) is 0 Å². The van der Waals surface area contributed by atoms with E-state index in [2.05, 4.69) is 0 Å². The molecule has 3 nitrogen and oxygen atoms in total. The number of rotatable bonds is 2. The molecular weight excluding hydrogens is 166 g/mol. The molecule has 4 atom stereocenters. The lowest BCUT2D eigenvalue weighted by Crippen LogP contribution is -2.41. The van der Waals surface area contributed by atoms with Gasteiger partial charge in [0.05, 0.1) is 12.5 Å². The van der Waals surface area contributed by atoms with E-state index < -0.39 is 0 Å². The standard InChI is InChI=1S/C10H17NO2/c1-2-13-10(12)8-6-3-4-7(5-6)9(8)11/h6-9H,2-5,11H2,1H3/t6-,7+,8+,9+/m0/s1. The summed E-state index contributed by atoms with van der Waals surface area (Å²) in [4.78, 5) is 11.5. The zero-order valence-electron chi connectivity index (χ0n) is 8.03. The number of hydrogen-bond acceptors (Lipinski definition) is 3. The van der Waals surface area contributed by atoms with Gasteiger partial charge in [-0.3, -0.25) is 4.79 Å². The molecule has 0 unspecified atom stereocenters. The van der Waals surface area contributed by atoms with E-state index in [0.717, 1.165) is 6.42 Å². The number of nitrogens with two attached hydrogens (primary N) is 1. The number of carbonyl (C=O) groups is 1. The summed E-state index contributed by atoms with van der Waals surface area (Å²) in [6.07, 6.45) is 3.52. The van der Waals surface area contributed by atoms with Crippen molar-refractivity contribution in [1.82, 2.24) is 0 Å². The van der Waals surface area contributed by atoms with Crippen LogP contribution in [0.3, 0.4) is 0 Å². The van der Waals surface area contributed by atoms with Crippen LogP contribution in [0.5, 0.6) is 0 Å². The van der Waals surface area contributed by atoms with Gasteiger partial charge in [-0.25, -0.2) is 0 Å². The van der Waals surface area contributed by atoms with Crippen molar-refractivity contribution in [3.05, 3.63) is 0 Å². The number of hydrogen-bond donors (Lipinski definition) is 1. The van der Waals surface area contributed by atoms with Crippen LogP contribution in [0.1, 0.15) is 26.2 Å². The third-order valence-electron chi connectivity index (χ3n) is 3.54. The predicted octanol–water partition coefficient (Wildman–Crippen LogP) is 0.923. The van der Waals surface area contributed by atoms with Crippen LogP contribution in [-0.2, 0) is 9.53 Å². The average molecular weight is 183 g/mol. The molecule has 0 spiro atoms. The van der Waals surface area contributed by atoms with Gasteiger partial charge in [0.15, 0.2) is 0 Å². The highest BCUT2D eigenvalue weighted by Crippen LogP contribution is 2.47. The van der Waals surface area contributed by atoms with Crippen LogP contribution in [0.15, 0.2) is 0 Å². The first-order chi connectivity index (χ1) is 6.24. The van der Waals surface area contributed by atoms with E-state index in [4.69, 9.17) is 10.5 Å². The second-order valence-electron chi connectivity index (χ2n) is 4.19. The van der Waals surface area contributed by atoms with Crippen molar-refractivity contribution in [2.24, 2.45) is 23.5 Å². The normalized spacial score (nSPS) is 42.3. The fraction of sp³-hybridized carbons (Fsp3) is 0.900. The fourth-order valence-corrected chi connectivity index (χ4v) is 2.92. The van der Waals surface area contributed by atoms with Gasteiger partial charge in [-0.1, -0.05) is 0 Å². The zero-order valence-corrected chi connectivity index (χ0v) is 8.03. The summed E-state index contributed by atoms with van der Waals surface area (Å²) in [5.41, 5.74) is 5.99. The second kappa shape index (κ2) is 3.29. The summed E-state index contributed by atoms with van der Waals surface area (Å²) in [7, 11) is 0. The van der Waals surface area contributed by atoms with Crippen molar-refractivity contribution >= 4 is 5.97 Å². The highest BCUT2D eigenvalue weighted by molar-refractivity contribution is 5.74. The molecule has 13 heavy (non-hydrogen) atoms. The van der Waals surface area contributed by atoms with E-state index in [0.29, 0.717) is 18.4 Å². The number of fused-ring (bicyclic) bond motifs is 2. The number of ether oxygens (including phenoxy) is 1. The Labute approximate surface area is 78.6 Å². The molecule has 2 aliphatic carbocycles. The Balaban J connectivity index is 2.03. The van der Waals surface area contributed by atoms with Crippen molar-refractivity contribution in [1.29, 1.82) is 0 Å². The van der Waals surface area contributed by atoms with Gasteiger partial charge >= 0.3 is 5.97 Å². The first-order valence-electron chi connectivity index (χ1n) is 5.16. The molecule has 0 aromatic carbocycles. The van der Waals surface area contributed by atoms with Crippen LogP contribution >= 0.6 is 0 Å². The van der Waals surface area contributed by atoms with Gasteiger partial charge in [-0.05, 0) is 38.0 Å². The first kappa shape index (κ1) is 9.00. The third-order valence-corrected chi connectivity index (χ3v) is 3.54. The minimum Gasteiger partial charge on any atom is -0.466 e. The van der Waals surface area contributed by atoms with Crippen LogP contribution in [0, 0.1) is 17.8 Å². The highest BCUT2D eigenvalue weighted by atomic mass is 16.5. The fourth-order valence-electron chi connectivity index (χ4n) is 2.92. The zero-order chi connectivity index (χ0) is 9.42. The maximum absolute atomic E-state index is 11.5. The Kier molecular flexibility index (Phi) is 2.28. The molecule has 0 heterocycles. The van der Waals surface area contributed by atoms with Gasteiger partial charge in [-0.2, -0.15) is 0 Å². The monoisotopic (exact) mass is 183 g/mol. The lowest BCUT2D eigenvalue weighted by Gasteiger charge is -2.25. The predicted molar refractivity (Wildman–Crippen MR) is 48.9 cm³/mol. The molecule has 2 aliphatic rings. The van der Waals surface area contributed by atoms with Crippen molar-refractivity contribution in [3.8, 4) is 0 Å². The molecule has 0 aromatic rings. The molecule has 74 valence electrons. The van der Waals surface area contributed by atoms with E-state index >= 15 is 0 Å². The Bertz CT molecular complexity index is 215. The smallest absolute Gasteiger partial charge is 0.310 e. The second-order valence-corrected chi connectivity index (χ2v) is 4.19. The SMILES string of the molecule is CCOC(=O)[C@@H]1[C@H]2CC[C@H](C2)[C@H]1N. The quantitative estimate of drug-likeness (QED) is 0.648. The first-order valence-corrected chi connectivity index (χ1v) is 5.16. The summed E-state index contributed by atoms with van der Waals surface area (Å²) >= 11 is 0. The molecule has 0 aliphatic heterocycles. The van der Waals surface area contributed by atoms with Crippen LogP contribution in [-0.4, -0.2) is 18.6 Å². The van der Waals surface area contributed by atoms with Gasteiger partial charge in [0, 0.05) is 6.04 Å². The molecule has 0 saturated heterocycles. The minimum absolute atomic E-state index is 0.00120. The van der Waals surface area contributed by atoms with Gasteiger partial charge in [0.1, 0.15) is 0 Å². The highest BCUT2D eigenvalue weighted by Gasteiger charge is 2.49. The summed E-state index contributed by atoms with van der Waals surface area (Å²) in [6, 6.07) is 0.0674. The molecule has 2 N–H and O–H groups in total. The van der Waals surface area contributed by atoms with Gasteiger partial charge in [-0.15, -0.1) is 0 Å². The molecule has 2 fully saturated rings. The van der Waals surface area contributed by atoms with Gasteiger partial charge in [0.25, 0.3) is 0 Å². The Morgan fingerprint density at radius 2 is 2.15 bits per heavy atom. The van der Waals surface area contributed by atoms with Crippen LogP contribution in [0.25, 0.3) is 0 Å². The van der Waals surface area contributed by atoms with Crippen molar-refractivity contribution in [2.75, 3.05) is 6.61 Å². The lowest BCUT2D eigenvalue weighted by atomic mass is 9.85. The topological polar surface area (TPSA) is 52.3 Å². The molecule has 2 bridgehead atoms. The summed E-state index contributed by atoms with van der Waals surface area (Å²) in [6.45, 7) is 2.32. The maximum Gasteiger partial charge on any atom is 0.310 e. The van der Waals surface area contributed by atoms with Crippen molar-refractivity contribution in [2.45, 2.75) is 32.2 Å². The Hall–Kier alpha value is -0.570. The Morgan fingerprint density at radius 1 is 1.46 bits per heavy atom. The number of esters is 1. The van der Waals surface area contributed by atoms with E-state index in [1.54, 1.807) is 0 Å². The van der Waals surface area contributed by atoms with Crippen LogP contribution in [0.2, 0.25) is 0 Å². The van der Waals surface area contributed by atoms with E-state index in [9.17, 15) is 4.79 Å². The van der Waals surface area contributed by atoms with Crippen LogP contribution < -0.4 is 5.73 Å². The maximum atomic E-state index is 11.5. The summed E-state index contributed by atoms with van der Waals surface area (Å²) in [5.74, 6) is 1.03. The van der Waals surface area contributed by atoms with Crippen molar-refractivity contribution < 1.29 is 9.53 Å². The summed E-state index contributed by atoms with van der Waals surface area (Å²) in [5, 5.41) is 0. The van der Waals surface area contributed by atoms with Gasteiger partial charge in [0.2, 0.25) is 0 Å². The average Bonchev–Trinajstić information content (AvgIpc) is 2.63. The molecule has 0 aromatic heterocycles.